The highest BCUT2D eigenvalue weighted by Gasteiger charge is 2.25. The number of halogens is 1. The summed E-state index contributed by atoms with van der Waals surface area (Å²) in [6.07, 6.45) is 2.33. The molecule has 0 radical (unpaired) electrons. The van der Waals surface area contributed by atoms with E-state index in [-0.39, 0.29) is 24.1 Å². The van der Waals surface area contributed by atoms with Crippen LogP contribution >= 0.6 is 15.9 Å². The van der Waals surface area contributed by atoms with Crippen molar-refractivity contribution in [3.8, 4) is 5.75 Å². The van der Waals surface area contributed by atoms with Crippen LogP contribution in [0, 0.1) is 0 Å². The molecule has 0 aliphatic carbocycles. The highest BCUT2D eigenvalue weighted by Crippen LogP contribution is 2.27. The minimum atomic E-state index is 0.0664. The standard InChI is InChI=1S/C14H19BrN2O3/c1-8-5-11(6-9(2)19-8)20-10-3-4-12(13(15)7-10)14(16)17-18/h3-4,7-9,11,18H,5-6H2,1-2H3,(H2,16,17). The molecule has 1 saturated heterocycles. The summed E-state index contributed by atoms with van der Waals surface area (Å²) in [6.45, 7) is 4.12. The van der Waals surface area contributed by atoms with E-state index >= 15 is 0 Å². The number of oxime groups is 1. The molecule has 0 amide bonds. The predicted molar refractivity (Wildman–Crippen MR) is 80.3 cm³/mol. The number of benzene rings is 1. The second kappa shape index (κ2) is 6.45. The molecule has 1 fully saturated rings. The number of ether oxygens (including phenoxy) is 2. The van der Waals surface area contributed by atoms with E-state index in [1.54, 1.807) is 6.07 Å². The van der Waals surface area contributed by atoms with E-state index in [2.05, 4.69) is 34.9 Å². The van der Waals surface area contributed by atoms with Crippen molar-refractivity contribution in [3.05, 3.63) is 28.2 Å². The van der Waals surface area contributed by atoms with Gasteiger partial charge in [0.05, 0.1) is 12.2 Å². The Morgan fingerprint density at radius 1 is 1.40 bits per heavy atom. The number of rotatable bonds is 3. The summed E-state index contributed by atoms with van der Waals surface area (Å²) in [5.74, 6) is 0.828. The molecular weight excluding hydrogens is 324 g/mol. The van der Waals surface area contributed by atoms with Gasteiger partial charge in [0.25, 0.3) is 0 Å². The van der Waals surface area contributed by atoms with Crippen molar-refractivity contribution in [1.82, 2.24) is 0 Å². The zero-order chi connectivity index (χ0) is 14.7. The van der Waals surface area contributed by atoms with Gasteiger partial charge >= 0.3 is 0 Å². The van der Waals surface area contributed by atoms with Crippen LogP contribution in [0.3, 0.4) is 0 Å². The molecule has 0 bridgehead atoms. The lowest BCUT2D eigenvalue weighted by atomic mass is 10.0. The largest absolute Gasteiger partial charge is 0.490 e. The molecule has 1 aliphatic heterocycles. The van der Waals surface area contributed by atoms with Crippen LogP contribution in [0.1, 0.15) is 32.3 Å². The molecule has 2 unspecified atom stereocenters. The number of amidine groups is 1. The highest BCUT2D eigenvalue weighted by molar-refractivity contribution is 9.10. The first-order valence-electron chi connectivity index (χ1n) is 6.59. The van der Waals surface area contributed by atoms with Crippen LogP contribution in [0.15, 0.2) is 27.8 Å². The summed E-state index contributed by atoms with van der Waals surface area (Å²) in [6, 6.07) is 5.42. The maximum absolute atomic E-state index is 8.70. The van der Waals surface area contributed by atoms with Crippen LogP contribution in [-0.2, 0) is 4.74 Å². The average molecular weight is 343 g/mol. The van der Waals surface area contributed by atoms with Crippen molar-refractivity contribution < 1.29 is 14.7 Å². The molecule has 1 aliphatic rings. The van der Waals surface area contributed by atoms with Crippen molar-refractivity contribution in [2.24, 2.45) is 10.9 Å². The van der Waals surface area contributed by atoms with Gasteiger partial charge in [-0.15, -0.1) is 0 Å². The summed E-state index contributed by atoms with van der Waals surface area (Å²) in [4.78, 5) is 0. The molecule has 6 heteroatoms. The van der Waals surface area contributed by atoms with Gasteiger partial charge in [0.1, 0.15) is 11.9 Å². The topological polar surface area (TPSA) is 77.1 Å². The number of nitrogens with zero attached hydrogens (tertiary/aromatic N) is 1. The first kappa shape index (κ1) is 15.1. The van der Waals surface area contributed by atoms with Crippen molar-refractivity contribution in [2.45, 2.75) is 45.0 Å². The lowest BCUT2D eigenvalue weighted by Gasteiger charge is -2.32. The fraction of sp³-hybridized carbons (Fsp3) is 0.500. The Kier molecular flexibility index (Phi) is 4.88. The summed E-state index contributed by atoms with van der Waals surface area (Å²) < 4.78 is 12.4. The summed E-state index contributed by atoms with van der Waals surface area (Å²) >= 11 is 3.40. The van der Waals surface area contributed by atoms with Gasteiger partial charge in [0, 0.05) is 22.9 Å². The van der Waals surface area contributed by atoms with E-state index in [9.17, 15) is 0 Å². The van der Waals surface area contributed by atoms with E-state index in [1.165, 1.54) is 0 Å². The zero-order valence-electron chi connectivity index (χ0n) is 11.5. The smallest absolute Gasteiger partial charge is 0.171 e. The Morgan fingerprint density at radius 2 is 2.05 bits per heavy atom. The second-order valence-electron chi connectivity index (χ2n) is 5.10. The maximum Gasteiger partial charge on any atom is 0.171 e. The number of nitrogens with two attached hydrogens (primary N) is 1. The van der Waals surface area contributed by atoms with Gasteiger partial charge < -0.3 is 20.4 Å². The second-order valence-corrected chi connectivity index (χ2v) is 5.95. The van der Waals surface area contributed by atoms with Crippen molar-refractivity contribution >= 4 is 21.8 Å². The number of hydrogen-bond donors (Lipinski definition) is 2. The molecule has 20 heavy (non-hydrogen) atoms. The SMILES string of the molecule is CC1CC(Oc2ccc(/C(N)=N/O)c(Br)c2)CC(C)O1. The van der Waals surface area contributed by atoms with E-state index in [4.69, 9.17) is 20.4 Å². The maximum atomic E-state index is 8.70. The molecule has 0 aromatic heterocycles. The van der Waals surface area contributed by atoms with Crippen LogP contribution in [-0.4, -0.2) is 29.4 Å². The van der Waals surface area contributed by atoms with Gasteiger partial charge in [0.2, 0.25) is 0 Å². The molecular formula is C14H19BrN2O3. The van der Waals surface area contributed by atoms with Crippen LogP contribution in [0.4, 0.5) is 0 Å². The molecule has 110 valence electrons. The molecule has 3 N–H and O–H groups in total. The Balaban J connectivity index is 2.09. The summed E-state index contributed by atoms with van der Waals surface area (Å²) in [5, 5.41) is 11.7. The first-order valence-corrected chi connectivity index (χ1v) is 7.38. The van der Waals surface area contributed by atoms with Gasteiger partial charge in [-0.3, -0.25) is 0 Å². The van der Waals surface area contributed by atoms with Crippen LogP contribution in [0.25, 0.3) is 0 Å². The lowest BCUT2D eigenvalue weighted by molar-refractivity contribution is -0.0721. The molecule has 0 saturated carbocycles. The van der Waals surface area contributed by atoms with E-state index in [0.29, 0.717) is 5.56 Å². The predicted octanol–water partition coefficient (Wildman–Crippen LogP) is 2.88. The Bertz CT molecular complexity index is 497. The van der Waals surface area contributed by atoms with Gasteiger partial charge in [-0.25, -0.2) is 0 Å². The minimum Gasteiger partial charge on any atom is -0.490 e. The van der Waals surface area contributed by atoms with E-state index in [0.717, 1.165) is 23.1 Å². The van der Waals surface area contributed by atoms with Gasteiger partial charge in [-0.2, -0.15) is 0 Å². The fourth-order valence-corrected chi connectivity index (χ4v) is 3.02. The molecule has 1 aromatic carbocycles. The third kappa shape index (κ3) is 3.64. The van der Waals surface area contributed by atoms with Crippen molar-refractivity contribution in [3.63, 3.8) is 0 Å². The zero-order valence-corrected chi connectivity index (χ0v) is 13.1. The van der Waals surface area contributed by atoms with Crippen molar-refractivity contribution in [2.75, 3.05) is 0 Å². The Labute approximate surface area is 126 Å². The molecule has 1 heterocycles. The van der Waals surface area contributed by atoms with Gasteiger partial charge in [0.15, 0.2) is 5.84 Å². The normalized spacial score (nSPS) is 27.4. The van der Waals surface area contributed by atoms with Crippen LogP contribution in [0.2, 0.25) is 0 Å². The Hall–Kier alpha value is -1.27. The Morgan fingerprint density at radius 3 is 2.60 bits per heavy atom. The van der Waals surface area contributed by atoms with E-state index in [1.807, 2.05) is 12.1 Å². The highest BCUT2D eigenvalue weighted by atomic mass is 79.9. The minimum absolute atomic E-state index is 0.0664. The third-order valence-electron chi connectivity index (χ3n) is 3.28. The average Bonchev–Trinajstić information content (AvgIpc) is 2.36. The molecule has 1 aromatic rings. The fourth-order valence-electron chi connectivity index (χ4n) is 2.46. The lowest BCUT2D eigenvalue weighted by Crippen LogP contribution is -2.35. The van der Waals surface area contributed by atoms with Gasteiger partial charge in [-0.1, -0.05) is 5.16 Å². The first-order chi connectivity index (χ1) is 9.49. The quantitative estimate of drug-likeness (QED) is 0.383. The molecule has 2 rings (SSSR count). The van der Waals surface area contributed by atoms with Crippen LogP contribution in [0.5, 0.6) is 5.75 Å². The third-order valence-corrected chi connectivity index (χ3v) is 3.94. The van der Waals surface area contributed by atoms with Crippen molar-refractivity contribution in [1.29, 1.82) is 0 Å². The van der Waals surface area contributed by atoms with Gasteiger partial charge in [-0.05, 0) is 48.0 Å². The molecule has 5 nitrogen and oxygen atoms in total. The monoisotopic (exact) mass is 342 g/mol. The molecule has 2 atom stereocenters. The number of hydrogen-bond acceptors (Lipinski definition) is 4. The van der Waals surface area contributed by atoms with Crippen LogP contribution < -0.4 is 10.5 Å². The summed E-state index contributed by atoms with van der Waals surface area (Å²) in [7, 11) is 0. The summed E-state index contributed by atoms with van der Waals surface area (Å²) in [5.41, 5.74) is 6.21. The molecule has 0 spiro atoms. The van der Waals surface area contributed by atoms with E-state index < -0.39 is 0 Å².